The normalized spacial score (nSPS) is 16.9. The second-order valence-electron chi connectivity index (χ2n) is 7.49. The number of hydrogen-bond acceptors (Lipinski definition) is 6. The fourth-order valence-corrected chi connectivity index (χ4v) is 5.92. The second-order valence-corrected chi connectivity index (χ2v) is 10.6. The van der Waals surface area contributed by atoms with Gasteiger partial charge in [0.25, 0.3) is 0 Å². The van der Waals surface area contributed by atoms with Gasteiger partial charge < -0.3 is 4.90 Å². The van der Waals surface area contributed by atoms with E-state index in [9.17, 15) is 17.6 Å². The van der Waals surface area contributed by atoms with E-state index in [1.165, 1.54) is 17.4 Å². The van der Waals surface area contributed by atoms with Crippen LogP contribution in [0.25, 0.3) is 10.6 Å². The minimum Gasteiger partial charge on any atom is -0.342 e. The number of rotatable bonds is 6. The minimum absolute atomic E-state index is 0.0152. The van der Waals surface area contributed by atoms with E-state index < -0.39 is 9.84 Å². The average molecular weight is 460 g/mol. The number of likely N-dealkylation sites (tertiary alicyclic amines) is 1. The molecule has 162 valence electrons. The summed E-state index contributed by atoms with van der Waals surface area (Å²) in [6.07, 6.45) is 1.61. The van der Waals surface area contributed by atoms with E-state index in [1.54, 1.807) is 53.4 Å². The topological polar surface area (TPSA) is 80.2 Å². The maximum absolute atomic E-state index is 14.0. The molecule has 1 aliphatic heterocycles. The van der Waals surface area contributed by atoms with Crippen LogP contribution in [0, 0.1) is 5.82 Å². The Balaban J connectivity index is 1.40. The molecule has 1 atom stereocenters. The SMILES string of the molecule is O=C(CCS(=O)(=O)c1ccccc1)N1CCC[C@H](c2nnc(-c3ccccc3F)s2)C1. The van der Waals surface area contributed by atoms with Crippen molar-refractivity contribution in [1.29, 1.82) is 0 Å². The molecule has 2 aromatic carbocycles. The van der Waals surface area contributed by atoms with Crippen molar-refractivity contribution in [1.82, 2.24) is 15.1 Å². The number of carbonyl (C=O) groups is 1. The Labute approximate surface area is 184 Å². The number of halogens is 1. The van der Waals surface area contributed by atoms with E-state index in [-0.39, 0.29) is 34.7 Å². The molecule has 0 bridgehead atoms. The molecule has 0 aliphatic carbocycles. The first-order valence-electron chi connectivity index (χ1n) is 10.1. The number of sulfone groups is 1. The molecule has 0 spiro atoms. The van der Waals surface area contributed by atoms with E-state index in [4.69, 9.17) is 0 Å². The van der Waals surface area contributed by atoms with Crippen molar-refractivity contribution < 1.29 is 17.6 Å². The van der Waals surface area contributed by atoms with Crippen LogP contribution < -0.4 is 0 Å². The van der Waals surface area contributed by atoms with Crippen LogP contribution in [0.5, 0.6) is 0 Å². The van der Waals surface area contributed by atoms with Crippen LogP contribution in [0.2, 0.25) is 0 Å². The fraction of sp³-hybridized carbons (Fsp3) is 0.318. The van der Waals surface area contributed by atoms with Gasteiger partial charge in [-0.05, 0) is 37.1 Å². The summed E-state index contributed by atoms with van der Waals surface area (Å²) in [4.78, 5) is 14.6. The number of amides is 1. The summed E-state index contributed by atoms with van der Waals surface area (Å²) < 4.78 is 38.9. The minimum atomic E-state index is -3.49. The molecule has 1 fully saturated rings. The number of carbonyl (C=O) groups excluding carboxylic acids is 1. The van der Waals surface area contributed by atoms with Crippen LogP contribution in [0.3, 0.4) is 0 Å². The highest BCUT2D eigenvalue weighted by Crippen LogP contribution is 2.33. The van der Waals surface area contributed by atoms with Crippen LogP contribution in [0.1, 0.15) is 30.2 Å². The molecule has 1 aliphatic rings. The van der Waals surface area contributed by atoms with Gasteiger partial charge in [-0.25, -0.2) is 12.8 Å². The lowest BCUT2D eigenvalue weighted by molar-refractivity contribution is -0.132. The molecule has 3 aromatic rings. The Morgan fingerprint density at radius 3 is 2.61 bits per heavy atom. The summed E-state index contributed by atoms with van der Waals surface area (Å²) in [5.74, 6) is -0.720. The molecule has 0 radical (unpaired) electrons. The fourth-order valence-electron chi connectivity index (χ4n) is 3.67. The standard InChI is InChI=1S/C22H22FN3O3S2/c23-19-11-5-4-10-18(19)22-25-24-21(30-22)16-7-6-13-26(15-16)20(27)12-14-31(28,29)17-8-2-1-3-9-17/h1-5,8-11,16H,6-7,12-15H2/t16-/m0/s1. The second kappa shape index (κ2) is 9.23. The smallest absolute Gasteiger partial charge is 0.223 e. The van der Waals surface area contributed by atoms with Crippen LogP contribution in [0.4, 0.5) is 4.39 Å². The van der Waals surface area contributed by atoms with Gasteiger partial charge in [-0.3, -0.25) is 4.79 Å². The molecule has 2 heterocycles. The molecular weight excluding hydrogens is 437 g/mol. The van der Waals surface area contributed by atoms with E-state index in [1.807, 2.05) is 0 Å². The Hall–Kier alpha value is -2.65. The maximum atomic E-state index is 14.0. The lowest BCUT2D eigenvalue weighted by Crippen LogP contribution is -2.39. The monoisotopic (exact) mass is 459 g/mol. The number of nitrogens with zero attached hydrogens (tertiary/aromatic N) is 3. The van der Waals surface area contributed by atoms with E-state index in [0.29, 0.717) is 23.7 Å². The number of benzene rings is 2. The summed E-state index contributed by atoms with van der Waals surface area (Å²) in [7, 11) is -3.49. The Bertz CT molecular complexity index is 1170. The third-order valence-electron chi connectivity index (χ3n) is 5.36. The van der Waals surface area contributed by atoms with Gasteiger partial charge in [0.05, 0.1) is 10.6 Å². The zero-order chi connectivity index (χ0) is 21.8. The summed E-state index contributed by atoms with van der Waals surface area (Å²) in [5.41, 5.74) is 0.418. The number of aromatic nitrogens is 2. The van der Waals surface area contributed by atoms with Crippen molar-refractivity contribution >= 4 is 27.1 Å². The van der Waals surface area contributed by atoms with Gasteiger partial charge in [0.2, 0.25) is 5.91 Å². The number of hydrogen-bond donors (Lipinski definition) is 0. The van der Waals surface area contributed by atoms with Crippen molar-refractivity contribution in [3.63, 3.8) is 0 Å². The van der Waals surface area contributed by atoms with E-state index >= 15 is 0 Å². The molecule has 1 aromatic heterocycles. The first-order chi connectivity index (χ1) is 14.9. The highest BCUT2D eigenvalue weighted by molar-refractivity contribution is 7.91. The van der Waals surface area contributed by atoms with Gasteiger partial charge >= 0.3 is 0 Å². The highest BCUT2D eigenvalue weighted by atomic mass is 32.2. The van der Waals surface area contributed by atoms with Crippen LogP contribution in [-0.4, -0.2) is 48.3 Å². The zero-order valence-electron chi connectivity index (χ0n) is 16.8. The van der Waals surface area contributed by atoms with Crippen molar-refractivity contribution in [3.05, 3.63) is 65.4 Å². The molecule has 0 saturated carbocycles. The van der Waals surface area contributed by atoms with Gasteiger partial charge in [0.15, 0.2) is 14.8 Å². The van der Waals surface area contributed by atoms with Gasteiger partial charge in [0, 0.05) is 31.0 Å². The predicted octanol–water partition coefficient (Wildman–Crippen LogP) is 3.91. The van der Waals surface area contributed by atoms with Gasteiger partial charge in [0.1, 0.15) is 10.8 Å². The average Bonchev–Trinajstić information content (AvgIpc) is 3.29. The van der Waals surface area contributed by atoms with E-state index in [2.05, 4.69) is 10.2 Å². The molecule has 1 amide bonds. The summed E-state index contributed by atoms with van der Waals surface area (Å²) in [5, 5.41) is 9.67. The lowest BCUT2D eigenvalue weighted by atomic mass is 9.98. The summed E-state index contributed by atoms with van der Waals surface area (Å²) in [6, 6.07) is 14.6. The Morgan fingerprint density at radius 2 is 1.84 bits per heavy atom. The molecule has 31 heavy (non-hydrogen) atoms. The molecule has 0 N–H and O–H groups in total. The third kappa shape index (κ3) is 4.99. The van der Waals surface area contributed by atoms with Gasteiger partial charge in [-0.2, -0.15) is 0 Å². The quantitative estimate of drug-likeness (QED) is 0.558. The predicted molar refractivity (Wildman–Crippen MR) is 117 cm³/mol. The van der Waals surface area contributed by atoms with Crippen molar-refractivity contribution in [2.75, 3.05) is 18.8 Å². The van der Waals surface area contributed by atoms with Crippen molar-refractivity contribution in [2.24, 2.45) is 0 Å². The first kappa shape index (κ1) is 21.6. The van der Waals surface area contributed by atoms with E-state index in [0.717, 1.165) is 17.8 Å². The maximum Gasteiger partial charge on any atom is 0.223 e. The molecular formula is C22H22FN3O3S2. The van der Waals surface area contributed by atoms with Crippen molar-refractivity contribution in [3.8, 4) is 10.6 Å². The molecule has 1 saturated heterocycles. The third-order valence-corrected chi connectivity index (χ3v) is 8.21. The first-order valence-corrected chi connectivity index (χ1v) is 12.5. The Kier molecular flexibility index (Phi) is 6.43. The van der Waals surface area contributed by atoms with Gasteiger partial charge in [-0.1, -0.05) is 41.7 Å². The molecule has 9 heteroatoms. The summed E-state index contributed by atoms with van der Waals surface area (Å²) in [6.45, 7) is 1.07. The molecule has 4 rings (SSSR count). The zero-order valence-corrected chi connectivity index (χ0v) is 18.4. The molecule has 6 nitrogen and oxygen atoms in total. The van der Waals surface area contributed by atoms with Crippen molar-refractivity contribution in [2.45, 2.75) is 30.1 Å². The largest absolute Gasteiger partial charge is 0.342 e. The van der Waals surface area contributed by atoms with Crippen LogP contribution in [0.15, 0.2) is 59.5 Å². The van der Waals surface area contributed by atoms with Crippen LogP contribution >= 0.6 is 11.3 Å². The van der Waals surface area contributed by atoms with Crippen LogP contribution in [-0.2, 0) is 14.6 Å². The molecule has 0 unspecified atom stereocenters. The number of piperidine rings is 1. The summed E-state index contributed by atoms with van der Waals surface area (Å²) >= 11 is 1.34. The Morgan fingerprint density at radius 1 is 1.10 bits per heavy atom. The highest BCUT2D eigenvalue weighted by Gasteiger charge is 2.28. The van der Waals surface area contributed by atoms with Gasteiger partial charge in [-0.15, -0.1) is 10.2 Å². The lowest BCUT2D eigenvalue weighted by Gasteiger charge is -2.31.